The second-order valence-electron chi connectivity index (χ2n) is 5.00. The lowest BCUT2D eigenvalue weighted by Gasteiger charge is -2.28. The molecule has 0 aromatic carbocycles. The van der Waals surface area contributed by atoms with E-state index in [4.69, 9.17) is 0 Å². The van der Waals surface area contributed by atoms with Crippen LogP contribution in [0.1, 0.15) is 0 Å². The van der Waals surface area contributed by atoms with E-state index < -0.39 is 31.4 Å². The van der Waals surface area contributed by atoms with Gasteiger partial charge in [0.15, 0.2) is 0 Å². The van der Waals surface area contributed by atoms with E-state index in [-0.39, 0.29) is 25.1 Å². The zero-order chi connectivity index (χ0) is 19.3. The Morgan fingerprint density at radius 2 is 0.720 bits per heavy atom. The standard InChI is InChI=1S/C12H27N8O4P/c1-13-9(21)17-5-25(6-18-10(22)14-2,7-19-11(23)15-3)8-20-12(24)16-4/h5-8H2,1-4H3,(H7-,13,14,15,16,17,18,19,20,21,22,23,24)/p+1. The molecule has 0 fully saturated rings. The van der Waals surface area contributed by atoms with E-state index in [0.29, 0.717) is 0 Å². The van der Waals surface area contributed by atoms with Crippen molar-refractivity contribution < 1.29 is 19.2 Å². The summed E-state index contributed by atoms with van der Waals surface area (Å²) in [6.07, 6.45) is 0.796. The maximum absolute atomic E-state index is 11.5. The molecule has 12 nitrogen and oxygen atoms in total. The van der Waals surface area contributed by atoms with Crippen LogP contribution in [0.5, 0.6) is 0 Å². The van der Waals surface area contributed by atoms with Gasteiger partial charge < -0.3 is 42.5 Å². The molecule has 0 rings (SSSR count). The van der Waals surface area contributed by atoms with Crippen molar-refractivity contribution in [2.24, 2.45) is 0 Å². The van der Waals surface area contributed by atoms with Crippen molar-refractivity contribution in [3.8, 4) is 0 Å². The number of hydrogen-bond donors (Lipinski definition) is 8. The smallest absolute Gasteiger partial charge is 0.317 e. The molecule has 0 heterocycles. The van der Waals surface area contributed by atoms with Crippen LogP contribution in [0.3, 0.4) is 0 Å². The predicted molar refractivity (Wildman–Crippen MR) is 96.8 cm³/mol. The van der Waals surface area contributed by atoms with E-state index in [9.17, 15) is 19.2 Å². The second kappa shape index (κ2) is 12.0. The van der Waals surface area contributed by atoms with Gasteiger partial charge in [-0.2, -0.15) is 0 Å². The Balaban J connectivity index is 5.24. The van der Waals surface area contributed by atoms with Gasteiger partial charge in [-0.15, -0.1) is 0 Å². The first-order valence-electron chi connectivity index (χ1n) is 7.50. The summed E-state index contributed by atoms with van der Waals surface area (Å²) in [6.45, 7) is 0. The Labute approximate surface area is 147 Å². The topological polar surface area (TPSA) is 165 Å². The third-order valence-corrected chi connectivity index (χ3v) is 6.52. The lowest BCUT2D eigenvalue weighted by Crippen LogP contribution is -2.46. The highest BCUT2D eigenvalue weighted by Crippen LogP contribution is 2.54. The van der Waals surface area contributed by atoms with Gasteiger partial charge in [-0.25, -0.2) is 19.2 Å². The van der Waals surface area contributed by atoms with Crippen LogP contribution in [0.4, 0.5) is 19.2 Å². The van der Waals surface area contributed by atoms with Crippen molar-refractivity contribution in [3.63, 3.8) is 0 Å². The number of nitrogens with one attached hydrogen (secondary N) is 8. The number of rotatable bonds is 8. The molecule has 0 atom stereocenters. The maximum Gasteiger partial charge on any atom is 0.317 e. The van der Waals surface area contributed by atoms with Crippen molar-refractivity contribution in [3.05, 3.63) is 0 Å². The van der Waals surface area contributed by atoms with Gasteiger partial charge in [0.1, 0.15) is 25.1 Å². The Morgan fingerprint density at radius 1 is 0.520 bits per heavy atom. The molecule has 0 aromatic heterocycles. The Hall–Kier alpha value is -2.49. The first kappa shape index (κ1) is 22.5. The van der Waals surface area contributed by atoms with Gasteiger partial charge in [0.25, 0.3) is 0 Å². The minimum absolute atomic E-state index is 0.199. The minimum atomic E-state index is -2.25. The van der Waals surface area contributed by atoms with Crippen molar-refractivity contribution in [2.75, 3.05) is 53.3 Å². The zero-order valence-corrected chi connectivity index (χ0v) is 15.8. The van der Waals surface area contributed by atoms with Crippen LogP contribution in [-0.2, 0) is 0 Å². The molecule has 8 N–H and O–H groups in total. The Morgan fingerprint density at radius 3 is 0.880 bits per heavy atom. The summed E-state index contributed by atoms with van der Waals surface area (Å²) in [4.78, 5) is 46.2. The number of carbonyl (C=O) groups excluding carboxylic acids is 4. The summed E-state index contributed by atoms with van der Waals surface area (Å²) in [5, 5.41) is 20.5. The summed E-state index contributed by atoms with van der Waals surface area (Å²) >= 11 is 0. The summed E-state index contributed by atoms with van der Waals surface area (Å²) in [7, 11) is 3.65. The van der Waals surface area contributed by atoms with Gasteiger partial charge >= 0.3 is 24.1 Å². The fraction of sp³-hybridized carbons (Fsp3) is 0.667. The quantitative estimate of drug-likeness (QED) is 0.242. The molecule has 8 amide bonds. The van der Waals surface area contributed by atoms with E-state index in [1.165, 1.54) is 28.2 Å². The highest BCUT2D eigenvalue weighted by molar-refractivity contribution is 7.75. The molecule has 25 heavy (non-hydrogen) atoms. The van der Waals surface area contributed by atoms with Crippen LogP contribution in [0.25, 0.3) is 0 Å². The molecule has 0 aliphatic carbocycles. The van der Waals surface area contributed by atoms with Crippen molar-refractivity contribution in [1.29, 1.82) is 0 Å². The third-order valence-electron chi connectivity index (χ3n) is 3.21. The van der Waals surface area contributed by atoms with Crippen molar-refractivity contribution >= 4 is 31.4 Å². The average molecular weight is 379 g/mol. The van der Waals surface area contributed by atoms with E-state index in [1.54, 1.807) is 0 Å². The molecule has 0 aliphatic rings. The van der Waals surface area contributed by atoms with Crippen LogP contribution in [0.15, 0.2) is 0 Å². The van der Waals surface area contributed by atoms with Crippen LogP contribution in [-0.4, -0.2) is 77.5 Å². The van der Waals surface area contributed by atoms with Gasteiger partial charge in [-0.3, -0.25) is 0 Å². The molecular weight excluding hydrogens is 351 g/mol. The van der Waals surface area contributed by atoms with Crippen LogP contribution < -0.4 is 42.5 Å². The first-order valence-corrected chi connectivity index (χ1v) is 10.0. The molecule has 0 aromatic rings. The maximum atomic E-state index is 11.5. The van der Waals surface area contributed by atoms with Crippen molar-refractivity contribution in [1.82, 2.24) is 42.5 Å². The average Bonchev–Trinajstić information content (AvgIpc) is 2.65. The number of hydrogen-bond acceptors (Lipinski definition) is 4. The van der Waals surface area contributed by atoms with E-state index in [0.717, 1.165) is 0 Å². The number of carbonyl (C=O) groups is 4. The highest BCUT2D eigenvalue weighted by atomic mass is 31.2. The molecule has 0 spiro atoms. The van der Waals surface area contributed by atoms with Gasteiger partial charge in [0.05, 0.1) is 7.26 Å². The van der Waals surface area contributed by atoms with E-state index >= 15 is 0 Å². The summed E-state index contributed by atoms with van der Waals surface area (Å²) in [6, 6.07) is -1.60. The molecule has 0 unspecified atom stereocenters. The molecule has 144 valence electrons. The first-order chi connectivity index (χ1) is 11.8. The lowest BCUT2D eigenvalue weighted by molar-refractivity contribution is 0.244. The third kappa shape index (κ3) is 9.40. The fourth-order valence-corrected chi connectivity index (χ4v) is 4.23. The fourth-order valence-electron chi connectivity index (χ4n) is 1.65. The van der Waals surface area contributed by atoms with Gasteiger partial charge in [-0.1, -0.05) is 0 Å². The van der Waals surface area contributed by atoms with Gasteiger partial charge in [-0.05, 0) is 0 Å². The van der Waals surface area contributed by atoms with E-state index in [2.05, 4.69) is 42.5 Å². The second-order valence-corrected chi connectivity index (χ2v) is 8.95. The normalized spacial score (nSPS) is 10.1. The summed E-state index contributed by atoms with van der Waals surface area (Å²) in [5.74, 6) is 0. The van der Waals surface area contributed by atoms with E-state index in [1.807, 2.05) is 0 Å². The molecule has 0 radical (unpaired) electrons. The lowest BCUT2D eigenvalue weighted by atomic mass is 10.9. The monoisotopic (exact) mass is 379 g/mol. The molecule has 0 aliphatic heterocycles. The highest BCUT2D eigenvalue weighted by Gasteiger charge is 2.39. The SMILES string of the molecule is CNC(=O)NC[P+](CNC(=O)NC)(CNC(=O)NC)CNC(=O)NC. The largest absolute Gasteiger partial charge is 0.341 e. The van der Waals surface area contributed by atoms with Crippen LogP contribution in [0.2, 0.25) is 0 Å². The Bertz CT molecular complexity index is 391. The number of urea groups is 4. The van der Waals surface area contributed by atoms with Crippen LogP contribution in [0, 0.1) is 0 Å². The summed E-state index contributed by atoms with van der Waals surface area (Å²) in [5.41, 5.74) is 0. The Kier molecular flexibility index (Phi) is 10.8. The van der Waals surface area contributed by atoms with Crippen LogP contribution >= 0.6 is 7.26 Å². The van der Waals surface area contributed by atoms with Gasteiger partial charge in [0, 0.05) is 28.2 Å². The molecule has 0 bridgehead atoms. The number of amides is 8. The predicted octanol–water partition coefficient (Wildman–Crippen LogP) is -1.45. The zero-order valence-electron chi connectivity index (χ0n) is 14.9. The minimum Gasteiger partial charge on any atom is -0.341 e. The van der Waals surface area contributed by atoms with Crippen molar-refractivity contribution in [2.45, 2.75) is 0 Å². The molecular formula is C12H28N8O4P+. The summed E-state index contributed by atoms with van der Waals surface area (Å²) < 4.78 is 0. The molecule has 13 heteroatoms. The van der Waals surface area contributed by atoms with Gasteiger partial charge in [0.2, 0.25) is 0 Å². The molecule has 0 saturated heterocycles. The molecule has 0 saturated carbocycles.